The van der Waals surface area contributed by atoms with Crippen LogP contribution in [0.2, 0.25) is 0 Å². The molecule has 0 amide bonds. The van der Waals surface area contributed by atoms with Gasteiger partial charge in [0.2, 0.25) is 0 Å². The van der Waals surface area contributed by atoms with Crippen LogP contribution in [0.3, 0.4) is 0 Å². The van der Waals surface area contributed by atoms with Gasteiger partial charge in [0.1, 0.15) is 17.3 Å². The molecular formula is C12H20O3. The van der Waals surface area contributed by atoms with Crippen molar-refractivity contribution in [3.63, 3.8) is 0 Å². The number of ketones is 3. The van der Waals surface area contributed by atoms with E-state index in [2.05, 4.69) is 0 Å². The highest BCUT2D eigenvalue weighted by Crippen LogP contribution is 2.05. The molecule has 0 radical (unpaired) electrons. The van der Waals surface area contributed by atoms with Crippen LogP contribution < -0.4 is 0 Å². The zero-order valence-corrected chi connectivity index (χ0v) is 9.67. The van der Waals surface area contributed by atoms with E-state index in [9.17, 15) is 14.4 Å². The van der Waals surface area contributed by atoms with Crippen LogP contribution in [0.4, 0.5) is 0 Å². The summed E-state index contributed by atoms with van der Waals surface area (Å²) in [5.74, 6) is 0.372. The van der Waals surface area contributed by atoms with Crippen molar-refractivity contribution in [1.82, 2.24) is 0 Å². The van der Waals surface area contributed by atoms with Gasteiger partial charge in [-0.3, -0.25) is 9.59 Å². The molecule has 0 rings (SSSR count). The summed E-state index contributed by atoms with van der Waals surface area (Å²) >= 11 is 0. The number of carbonyl (C=O) groups excluding carboxylic acids is 3. The minimum Gasteiger partial charge on any atom is -0.300 e. The molecule has 0 aliphatic carbocycles. The minimum absolute atomic E-state index is 0.0467. The van der Waals surface area contributed by atoms with E-state index in [1.54, 1.807) is 0 Å². The molecule has 0 atom stereocenters. The average molecular weight is 212 g/mol. The second-order valence-corrected chi connectivity index (χ2v) is 3.88. The Kier molecular flexibility index (Phi) is 7.78. The lowest BCUT2D eigenvalue weighted by molar-refractivity contribution is -0.123. The molecule has 15 heavy (non-hydrogen) atoms. The first-order chi connectivity index (χ1) is 7.06. The molecular weight excluding hydrogens is 192 g/mol. The number of hydrogen-bond acceptors (Lipinski definition) is 3. The smallest absolute Gasteiger partial charge is 0.133 e. The molecule has 0 aromatic heterocycles. The molecule has 0 aliphatic heterocycles. The molecule has 0 N–H and O–H groups in total. The first-order valence-corrected chi connectivity index (χ1v) is 5.59. The molecule has 0 spiro atoms. The molecule has 0 aromatic rings. The molecule has 0 aliphatic rings. The Hall–Kier alpha value is -0.990. The maximum Gasteiger partial charge on any atom is 0.133 e. The van der Waals surface area contributed by atoms with E-state index in [0.717, 1.165) is 6.42 Å². The molecule has 86 valence electrons. The van der Waals surface area contributed by atoms with Gasteiger partial charge in [-0.15, -0.1) is 0 Å². The van der Waals surface area contributed by atoms with Gasteiger partial charge in [0.05, 0.1) is 0 Å². The van der Waals surface area contributed by atoms with Crippen LogP contribution in [0.5, 0.6) is 0 Å². The van der Waals surface area contributed by atoms with Crippen LogP contribution in [0, 0.1) is 0 Å². The lowest BCUT2D eigenvalue weighted by Crippen LogP contribution is -2.03. The standard InChI is InChI=1S/C12H20O3/c1-3-5-11(14)6-4-7-12(15)9-8-10(2)13/h3-9H2,1-2H3. The lowest BCUT2D eigenvalue weighted by Gasteiger charge is -1.99. The van der Waals surface area contributed by atoms with Crippen LogP contribution in [0.15, 0.2) is 0 Å². The summed E-state index contributed by atoms with van der Waals surface area (Å²) in [5, 5.41) is 0. The predicted octanol–water partition coefficient (Wildman–Crippen LogP) is 2.46. The summed E-state index contributed by atoms with van der Waals surface area (Å²) in [4.78, 5) is 33.0. The van der Waals surface area contributed by atoms with Crippen LogP contribution in [0.1, 0.15) is 58.8 Å². The average Bonchev–Trinajstić information content (AvgIpc) is 2.15. The Morgan fingerprint density at radius 3 is 1.80 bits per heavy atom. The van der Waals surface area contributed by atoms with E-state index >= 15 is 0 Å². The fourth-order valence-corrected chi connectivity index (χ4v) is 1.33. The predicted molar refractivity (Wildman–Crippen MR) is 58.7 cm³/mol. The first kappa shape index (κ1) is 14.0. The number of rotatable bonds is 9. The van der Waals surface area contributed by atoms with E-state index < -0.39 is 0 Å². The van der Waals surface area contributed by atoms with Crippen molar-refractivity contribution in [2.24, 2.45) is 0 Å². The van der Waals surface area contributed by atoms with Gasteiger partial charge in [-0.1, -0.05) is 6.92 Å². The van der Waals surface area contributed by atoms with Crippen molar-refractivity contribution in [2.45, 2.75) is 58.8 Å². The third kappa shape index (κ3) is 9.32. The maximum atomic E-state index is 11.2. The van der Waals surface area contributed by atoms with Gasteiger partial charge < -0.3 is 4.79 Å². The minimum atomic E-state index is 0.0467. The van der Waals surface area contributed by atoms with Gasteiger partial charge in [-0.2, -0.15) is 0 Å². The number of carbonyl (C=O) groups is 3. The monoisotopic (exact) mass is 212 g/mol. The number of hydrogen-bond donors (Lipinski definition) is 0. The molecule has 0 heterocycles. The second-order valence-electron chi connectivity index (χ2n) is 3.88. The van der Waals surface area contributed by atoms with Gasteiger partial charge in [0.25, 0.3) is 0 Å². The topological polar surface area (TPSA) is 51.2 Å². The summed E-state index contributed by atoms with van der Waals surface area (Å²) < 4.78 is 0. The van der Waals surface area contributed by atoms with E-state index in [1.165, 1.54) is 6.92 Å². The third-order valence-electron chi connectivity index (χ3n) is 2.20. The summed E-state index contributed by atoms with van der Waals surface area (Å²) in [6.07, 6.45) is 3.72. The Morgan fingerprint density at radius 2 is 1.33 bits per heavy atom. The fourth-order valence-electron chi connectivity index (χ4n) is 1.33. The van der Waals surface area contributed by atoms with E-state index in [0.29, 0.717) is 38.5 Å². The third-order valence-corrected chi connectivity index (χ3v) is 2.20. The normalized spacial score (nSPS) is 10.0. The van der Waals surface area contributed by atoms with E-state index in [1.807, 2.05) is 6.92 Å². The van der Waals surface area contributed by atoms with Crippen molar-refractivity contribution in [3.8, 4) is 0 Å². The van der Waals surface area contributed by atoms with Gasteiger partial charge >= 0.3 is 0 Å². The van der Waals surface area contributed by atoms with Gasteiger partial charge in [0.15, 0.2) is 0 Å². The maximum absolute atomic E-state index is 11.2. The molecule has 3 heteroatoms. The molecule has 0 bridgehead atoms. The Labute approximate surface area is 91.2 Å². The zero-order valence-electron chi connectivity index (χ0n) is 9.67. The first-order valence-electron chi connectivity index (χ1n) is 5.59. The zero-order chi connectivity index (χ0) is 11.7. The van der Waals surface area contributed by atoms with Crippen LogP contribution in [-0.2, 0) is 14.4 Å². The van der Waals surface area contributed by atoms with Crippen LogP contribution >= 0.6 is 0 Å². The molecule has 0 saturated heterocycles. The Bertz CT molecular complexity index is 231. The summed E-state index contributed by atoms with van der Waals surface area (Å²) in [7, 11) is 0. The van der Waals surface area contributed by atoms with E-state index in [-0.39, 0.29) is 17.3 Å². The van der Waals surface area contributed by atoms with Gasteiger partial charge in [-0.25, -0.2) is 0 Å². The fraction of sp³-hybridized carbons (Fsp3) is 0.750. The van der Waals surface area contributed by atoms with Crippen molar-refractivity contribution in [3.05, 3.63) is 0 Å². The van der Waals surface area contributed by atoms with Gasteiger partial charge in [0, 0.05) is 32.1 Å². The molecule has 3 nitrogen and oxygen atoms in total. The SMILES string of the molecule is CCCC(=O)CCCC(=O)CCC(C)=O. The van der Waals surface area contributed by atoms with E-state index in [4.69, 9.17) is 0 Å². The highest BCUT2D eigenvalue weighted by Gasteiger charge is 2.05. The lowest BCUT2D eigenvalue weighted by atomic mass is 10.0. The summed E-state index contributed by atoms with van der Waals surface area (Å²) in [6, 6.07) is 0. The highest BCUT2D eigenvalue weighted by molar-refractivity contribution is 5.85. The Morgan fingerprint density at radius 1 is 0.800 bits per heavy atom. The molecule has 0 saturated carbocycles. The van der Waals surface area contributed by atoms with Crippen LogP contribution in [0.25, 0.3) is 0 Å². The quantitative estimate of drug-likeness (QED) is 0.590. The summed E-state index contributed by atoms with van der Waals surface area (Å²) in [6.45, 7) is 3.45. The van der Waals surface area contributed by atoms with Crippen molar-refractivity contribution >= 4 is 17.3 Å². The number of Topliss-reactive ketones (excluding diaryl/α,β-unsaturated/α-hetero) is 3. The largest absolute Gasteiger partial charge is 0.300 e. The second kappa shape index (κ2) is 8.33. The van der Waals surface area contributed by atoms with Crippen molar-refractivity contribution in [2.75, 3.05) is 0 Å². The van der Waals surface area contributed by atoms with Crippen molar-refractivity contribution < 1.29 is 14.4 Å². The molecule has 0 aromatic carbocycles. The molecule has 0 unspecified atom stereocenters. The summed E-state index contributed by atoms with van der Waals surface area (Å²) in [5.41, 5.74) is 0. The Balaban J connectivity index is 3.46. The highest BCUT2D eigenvalue weighted by atomic mass is 16.1. The van der Waals surface area contributed by atoms with Crippen molar-refractivity contribution in [1.29, 1.82) is 0 Å². The van der Waals surface area contributed by atoms with Gasteiger partial charge in [-0.05, 0) is 19.8 Å². The van der Waals surface area contributed by atoms with Crippen LogP contribution in [-0.4, -0.2) is 17.3 Å². The molecule has 0 fully saturated rings.